The van der Waals surface area contributed by atoms with Crippen molar-refractivity contribution in [2.24, 2.45) is 0 Å². The second-order valence-corrected chi connectivity index (χ2v) is 12.2. The highest BCUT2D eigenvalue weighted by Crippen LogP contribution is 2.44. The van der Waals surface area contributed by atoms with Crippen molar-refractivity contribution in [2.45, 2.75) is 77.6 Å². The Morgan fingerprint density at radius 3 is 1.62 bits per heavy atom. The molecule has 10 heteroatoms. The van der Waals surface area contributed by atoms with Gasteiger partial charge in [-0.3, -0.25) is 0 Å². The van der Waals surface area contributed by atoms with Crippen LogP contribution < -0.4 is 16.0 Å². The van der Waals surface area contributed by atoms with Gasteiger partial charge in [-0.1, -0.05) is 48.5 Å². The molecular formula is C32H45N3O7. The molecule has 1 aliphatic rings. The molecule has 0 saturated carbocycles. The molecule has 0 aliphatic heterocycles. The maximum Gasteiger partial charge on any atom is 0.407 e. The minimum absolute atomic E-state index is 0.0151. The van der Waals surface area contributed by atoms with Gasteiger partial charge in [0.1, 0.15) is 17.8 Å². The van der Waals surface area contributed by atoms with E-state index in [9.17, 15) is 14.4 Å². The minimum atomic E-state index is -0.595. The lowest BCUT2D eigenvalue weighted by molar-refractivity contribution is 0.0349. The van der Waals surface area contributed by atoms with Gasteiger partial charge in [0.2, 0.25) is 0 Å². The SMILES string of the molecule is CC(C)(C)OC(=O)NCCC(CCNC(=O)OC(C)(C)C)OCCNC(=O)OCC1c2ccccc2-c2ccccc21. The fourth-order valence-electron chi connectivity index (χ4n) is 4.64. The number of hydrogen-bond donors (Lipinski definition) is 3. The Labute approximate surface area is 248 Å². The Kier molecular flexibility index (Phi) is 11.6. The van der Waals surface area contributed by atoms with E-state index in [4.69, 9.17) is 18.9 Å². The number of nitrogens with one attached hydrogen (secondary N) is 3. The lowest BCUT2D eigenvalue weighted by Crippen LogP contribution is -2.37. The number of amides is 3. The molecule has 0 spiro atoms. The number of benzene rings is 2. The fraction of sp³-hybridized carbons (Fsp3) is 0.531. The molecule has 230 valence electrons. The molecule has 3 amide bonds. The largest absolute Gasteiger partial charge is 0.449 e. The Hall–Kier alpha value is -3.79. The number of fused-ring (bicyclic) bond motifs is 3. The van der Waals surface area contributed by atoms with Crippen molar-refractivity contribution < 1.29 is 33.3 Å². The maximum absolute atomic E-state index is 12.5. The van der Waals surface area contributed by atoms with Gasteiger partial charge < -0.3 is 34.9 Å². The first-order valence-electron chi connectivity index (χ1n) is 14.5. The van der Waals surface area contributed by atoms with Crippen LogP contribution in [0, 0.1) is 0 Å². The number of carbonyl (C=O) groups is 3. The summed E-state index contributed by atoms with van der Waals surface area (Å²) in [5.74, 6) is -0.0151. The molecule has 10 nitrogen and oxygen atoms in total. The van der Waals surface area contributed by atoms with E-state index in [1.54, 1.807) is 41.5 Å². The van der Waals surface area contributed by atoms with Gasteiger partial charge in [0.15, 0.2) is 0 Å². The van der Waals surface area contributed by atoms with Crippen molar-refractivity contribution in [3.8, 4) is 11.1 Å². The summed E-state index contributed by atoms with van der Waals surface area (Å²) >= 11 is 0. The molecule has 0 atom stereocenters. The van der Waals surface area contributed by atoms with Gasteiger partial charge in [-0.05, 0) is 76.6 Å². The molecule has 0 saturated heterocycles. The molecule has 0 unspecified atom stereocenters. The van der Waals surface area contributed by atoms with E-state index in [0.717, 1.165) is 11.1 Å². The highest BCUT2D eigenvalue weighted by Gasteiger charge is 2.29. The predicted molar refractivity (Wildman–Crippen MR) is 161 cm³/mol. The first-order valence-corrected chi connectivity index (χ1v) is 14.5. The van der Waals surface area contributed by atoms with E-state index < -0.39 is 29.5 Å². The summed E-state index contributed by atoms with van der Waals surface area (Å²) < 4.78 is 22.1. The Morgan fingerprint density at radius 1 is 0.690 bits per heavy atom. The van der Waals surface area contributed by atoms with Crippen LogP contribution in [0.2, 0.25) is 0 Å². The molecule has 2 aromatic rings. The number of carbonyl (C=O) groups excluding carboxylic acids is 3. The maximum atomic E-state index is 12.5. The van der Waals surface area contributed by atoms with Crippen LogP contribution in [-0.4, -0.2) is 68.4 Å². The summed E-state index contributed by atoms with van der Waals surface area (Å²) in [6.45, 7) is 12.1. The third-order valence-corrected chi connectivity index (χ3v) is 6.34. The first kappa shape index (κ1) is 32.7. The third-order valence-electron chi connectivity index (χ3n) is 6.34. The second-order valence-electron chi connectivity index (χ2n) is 12.2. The van der Waals surface area contributed by atoms with E-state index in [-0.39, 0.29) is 31.8 Å². The summed E-state index contributed by atoms with van der Waals surface area (Å²) in [6, 6.07) is 16.4. The highest BCUT2D eigenvalue weighted by atomic mass is 16.6. The van der Waals surface area contributed by atoms with Crippen molar-refractivity contribution in [3.63, 3.8) is 0 Å². The molecule has 3 rings (SSSR count). The van der Waals surface area contributed by atoms with Gasteiger partial charge in [0, 0.05) is 25.6 Å². The first-order chi connectivity index (χ1) is 19.8. The summed E-state index contributed by atoms with van der Waals surface area (Å²) in [7, 11) is 0. The smallest absolute Gasteiger partial charge is 0.407 e. The minimum Gasteiger partial charge on any atom is -0.449 e. The summed E-state index contributed by atoms with van der Waals surface area (Å²) in [5, 5.41) is 8.19. The number of hydrogen-bond acceptors (Lipinski definition) is 7. The van der Waals surface area contributed by atoms with E-state index in [0.29, 0.717) is 25.9 Å². The van der Waals surface area contributed by atoms with E-state index in [1.165, 1.54) is 11.1 Å². The Morgan fingerprint density at radius 2 is 1.14 bits per heavy atom. The zero-order valence-corrected chi connectivity index (χ0v) is 25.6. The summed E-state index contributed by atoms with van der Waals surface area (Å²) in [6.07, 6.45) is -0.857. The van der Waals surface area contributed by atoms with Crippen LogP contribution in [0.3, 0.4) is 0 Å². The Bertz CT molecular complexity index is 1120. The van der Waals surface area contributed by atoms with Crippen LogP contribution in [0.4, 0.5) is 14.4 Å². The van der Waals surface area contributed by atoms with Crippen LogP contribution in [-0.2, 0) is 18.9 Å². The van der Waals surface area contributed by atoms with Crippen LogP contribution in [0.15, 0.2) is 48.5 Å². The van der Waals surface area contributed by atoms with E-state index in [1.807, 2.05) is 24.3 Å². The highest BCUT2D eigenvalue weighted by molar-refractivity contribution is 5.79. The molecular weight excluding hydrogens is 538 g/mol. The monoisotopic (exact) mass is 583 g/mol. The molecule has 0 fully saturated rings. The molecule has 0 radical (unpaired) electrons. The normalized spacial score (nSPS) is 12.7. The van der Waals surface area contributed by atoms with Crippen molar-refractivity contribution in [2.75, 3.05) is 32.8 Å². The van der Waals surface area contributed by atoms with Crippen molar-refractivity contribution in [1.29, 1.82) is 0 Å². The molecule has 42 heavy (non-hydrogen) atoms. The second kappa shape index (κ2) is 14.9. The molecule has 0 bridgehead atoms. The number of ether oxygens (including phenoxy) is 4. The van der Waals surface area contributed by atoms with Gasteiger partial charge in [-0.15, -0.1) is 0 Å². The van der Waals surface area contributed by atoms with Crippen molar-refractivity contribution >= 4 is 18.3 Å². The van der Waals surface area contributed by atoms with Crippen LogP contribution >= 0.6 is 0 Å². The quantitative estimate of drug-likeness (QED) is 0.215. The van der Waals surface area contributed by atoms with Crippen LogP contribution in [0.1, 0.15) is 71.4 Å². The lowest BCUT2D eigenvalue weighted by Gasteiger charge is -2.22. The topological polar surface area (TPSA) is 124 Å². The third kappa shape index (κ3) is 10.9. The zero-order chi connectivity index (χ0) is 30.8. The molecule has 0 heterocycles. The lowest BCUT2D eigenvalue weighted by atomic mass is 9.98. The van der Waals surface area contributed by atoms with Crippen LogP contribution in [0.5, 0.6) is 0 Å². The van der Waals surface area contributed by atoms with Gasteiger partial charge in [-0.25, -0.2) is 14.4 Å². The number of alkyl carbamates (subject to hydrolysis) is 3. The molecule has 2 aromatic carbocycles. The van der Waals surface area contributed by atoms with Crippen molar-refractivity contribution in [1.82, 2.24) is 16.0 Å². The average Bonchev–Trinajstić information content (AvgIpc) is 3.21. The van der Waals surface area contributed by atoms with Gasteiger partial charge in [0.25, 0.3) is 0 Å². The molecule has 0 aromatic heterocycles. The van der Waals surface area contributed by atoms with Gasteiger partial charge in [0.05, 0.1) is 12.7 Å². The van der Waals surface area contributed by atoms with Crippen molar-refractivity contribution in [3.05, 3.63) is 59.7 Å². The predicted octanol–water partition coefficient (Wildman–Crippen LogP) is 5.74. The molecule has 3 N–H and O–H groups in total. The Balaban J connectivity index is 1.43. The number of rotatable bonds is 12. The van der Waals surface area contributed by atoms with Gasteiger partial charge >= 0.3 is 18.3 Å². The average molecular weight is 584 g/mol. The van der Waals surface area contributed by atoms with Crippen LogP contribution in [0.25, 0.3) is 11.1 Å². The molecule has 1 aliphatic carbocycles. The fourth-order valence-corrected chi connectivity index (χ4v) is 4.64. The summed E-state index contributed by atoms with van der Waals surface area (Å²) in [5.41, 5.74) is 3.45. The zero-order valence-electron chi connectivity index (χ0n) is 25.6. The summed E-state index contributed by atoms with van der Waals surface area (Å²) in [4.78, 5) is 36.5. The van der Waals surface area contributed by atoms with E-state index >= 15 is 0 Å². The van der Waals surface area contributed by atoms with Gasteiger partial charge in [-0.2, -0.15) is 0 Å². The standard InChI is InChI=1S/C32H45N3O7/c1-31(2,3)41-29(37)33-17-15-22(16-18-34-30(38)42-32(4,5)6)39-20-19-35-28(36)40-21-27-25-13-9-7-11-23(25)24-12-8-10-14-26(24)27/h7-14,22,27H,15-21H2,1-6H3,(H,33,37)(H,34,38)(H,35,36). The van der Waals surface area contributed by atoms with E-state index in [2.05, 4.69) is 40.2 Å².